The van der Waals surface area contributed by atoms with E-state index in [4.69, 9.17) is 0 Å². The number of halogens is 2. The minimum Gasteiger partial charge on any atom is -0.229 e. The van der Waals surface area contributed by atoms with Crippen LogP contribution in [0.15, 0.2) is 21.1 Å². The molecule has 1 aromatic carbocycles. The van der Waals surface area contributed by atoms with Crippen molar-refractivity contribution in [1.29, 1.82) is 0 Å². The summed E-state index contributed by atoms with van der Waals surface area (Å²) in [5, 5.41) is 0. The molecule has 1 aliphatic heterocycles. The number of sulfone groups is 4. The standard InChI is InChI=1S/C15H20Br2O8S4/c16-14-8-12-10-28(22,23)6-4-26(18,19)2-1-3-27(20,21)5-7-29(24,25)11-13(12)9-15(14)17/h8-9H,1-7,10-11H2. The molecule has 29 heavy (non-hydrogen) atoms. The molecule has 0 bridgehead atoms. The maximum Gasteiger partial charge on any atom is 0.155 e. The maximum atomic E-state index is 12.5. The minimum atomic E-state index is -3.84. The van der Waals surface area contributed by atoms with Crippen LogP contribution in [0.4, 0.5) is 0 Å². The first-order valence-corrected chi connectivity index (χ1v) is 17.3. The Morgan fingerprint density at radius 3 is 1.17 bits per heavy atom. The zero-order chi connectivity index (χ0) is 22.1. The van der Waals surface area contributed by atoms with Gasteiger partial charge in [0.1, 0.15) is 0 Å². The highest BCUT2D eigenvalue weighted by Gasteiger charge is 2.25. The lowest BCUT2D eigenvalue weighted by Gasteiger charge is -2.13. The van der Waals surface area contributed by atoms with Gasteiger partial charge in [0, 0.05) is 8.95 Å². The lowest BCUT2D eigenvalue weighted by atomic mass is 10.1. The molecule has 1 aliphatic rings. The lowest BCUT2D eigenvalue weighted by Crippen LogP contribution is -2.23. The van der Waals surface area contributed by atoms with Gasteiger partial charge in [-0.25, -0.2) is 33.7 Å². The summed E-state index contributed by atoms with van der Waals surface area (Å²) in [5.74, 6) is -4.44. The van der Waals surface area contributed by atoms with E-state index in [1.165, 1.54) is 12.1 Å². The molecule has 0 aliphatic carbocycles. The van der Waals surface area contributed by atoms with Gasteiger partial charge in [0.25, 0.3) is 0 Å². The van der Waals surface area contributed by atoms with Gasteiger partial charge in [-0.05, 0) is 61.5 Å². The Morgan fingerprint density at radius 1 is 0.517 bits per heavy atom. The van der Waals surface area contributed by atoms with E-state index < -0.39 is 85.4 Å². The fourth-order valence-corrected chi connectivity index (χ4v) is 11.1. The van der Waals surface area contributed by atoms with Gasteiger partial charge >= 0.3 is 0 Å². The molecule has 0 atom stereocenters. The predicted octanol–water partition coefficient (Wildman–Crippen LogP) is 1.27. The molecule has 0 spiro atoms. The van der Waals surface area contributed by atoms with E-state index in [1.54, 1.807) is 0 Å². The zero-order valence-electron chi connectivity index (χ0n) is 15.2. The van der Waals surface area contributed by atoms with Crippen LogP contribution in [0.1, 0.15) is 17.5 Å². The Labute approximate surface area is 188 Å². The number of rotatable bonds is 0. The molecular formula is C15H20Br2O8S4. The molecule has 1 heterocycles. The maximum absolute atomic E-state index is 12.5. The van der Waals surface area contributed by atoms with Crippen LogP contribution in [0.3, 0.4) is 0 Å². The van der Waals surface area contributed by atoms with E-state index in [-0.39, 0.29) is 17.5 Å². The minimum absolute atomic E-state index is 0.203. The Bertz CT molecular complexity index is 1110. The Morgan fingerprint density at radius 2 is 0.828 bits per heavy atom. The monoisotopic (exact) mass is 614 g/mol. The average molecular weight is 616 g/mol. The highest BCUT2D eigenvalue weighted by molar-refractivity contribution is 9.13. The summed E-state index contributed by atoms with van der Waals surface area (Å²) in [6, 6.07) is 2.94. The fourth-order valence-electron chi connectivity index (χ4n) is 2.73. The van der Waals surface area contributed by atoms with Crippen LogP contribution >= 0.6 is 31.9 Å². The van der Waals surface area contributed by atoms with Crippen molar-refractivity contribution < 1.29 is 33.7 Å². The van der Waals surface area contributed by atoms with Gasteiger partial charge in [0.15, 0.2) is 39.3 Å². The van der Waals surface area contributed by atoms with Gasteiger partial charge in [0.05, 0.1) is 46.0 Å². The second-order valence-electron chi connectivity index (χ2n) is 6.88. The van der Waals surface area contributed by atoms with Gasteiger partial charge in [-0.1, -0.05) is 0 Å². The number of fused-ring (bicyclic) bond motifs is 1. The highest BCUT2D eigenvalue weighted by atomic mass is 79.9. The van der Waals surface area contributed by atoms with E-state index in [9.17, 15) is 33.7 Å². The molecule has 0 N–H and O–H groups in total. The fraction of sp³-hybridized carbons (Fsp3) is 0.600. The van der Waals surface area contributed by atoms with Gasteiger partial charge < -0.3 is 0 Å². The molecule has 1 aromatic rings. The molecule has 166 valence electrons. The summed E-state index contributed by atoms with van der Waals surface area (Å²) in [7, 11) is -15.2. The summed E-state index contributed by atoms with van der Waals surface area (Å²) >= 11 is 6.50. The third-order valence-electron chi connectivity index (χ3n) is 4.31. The molecule has 14 heteroatoms. The van der Waals surface area contributed by atoms with E-state index >= 15 is 0 Å². The summed E-state index contributed by atoms with van der Waals surface area (Å²) in [6.07, 6.45) is -0.203. The van der Waals surface area contributed by atoms with Crippen molar-refractivity contribution in [3.63, 3.8) is 0 Å². The molecular weight excluding hydrogens is 596 g/mol. The highest BCUT2D eigenvalue weighted by Crippen LogP contribution is 2.29. The first-order chi connectivity index (χ1) is 13.1. The largest absolute Gasteiger partial charge is 0.229 e. The number of hydrogen-bond acceptors (Lipinski definition) is 8. The van der Waals surface area contributed by atoms with Crippen molar-refractivity contribution >= 4 is 71.2 Å². The van der Waals surface area contributed by atoms with E-state index in [0.29, 0.717) is 8.95 Å². The average Bonchev–Trinajstić information content (AvgIpc) is 2.55. The van der Waals surface area contributed by atoms with Gasteiger partial charge in [-0.2, -0.15) is 0 Å². The number of hydrogen-bond donors (Lipinski definition) is 0. The van der Waals surface area contributed by atoms with Gasteiger partial charge in [0.2, 0.25) is 0 Å². The molecule has 0 saturated heterocycles. The summed E-state index contributed by atoms with van der Waals surface area (Å²) in [4.78, 5) is 0. The molecule has 0 aromatic heterocycles. The van der Waals surface area contributed by atoms with Crippen molar-refractivity contribution in [2.45, 2.75) is 17.9 Å². The zero-order valence-corrected chi connectivity index (χ0v) is 21.6. The van der Waals surface area contributed by atoms with Crippen LogP contribution in [-0.2, 0) is 50.9 Å². The van der Waals surface area contributed by atoms with Crippen LogP contribution in [0.25, 0.3) is 0 Å². The normalized spacial score (nSPS) is 24.5. The van der Waals surface area contributed by atoms with Crippen LogP contribution in [0.5, 0.6) is 0 Å². The second kappa shape index (κ2) is 9.23. The molecule has 0 fully saturated rings. The van der Waals surface area contributed by atoms with Crippen molar-refractivity contribution in [3.8, 4) is 0 Å². The van der Waals surface area contributed by atoms with Crippen LogP contribution < -0.4 is 0 Å². The Kier molecular flexibility index (Phi) is 8.03. The van der Waals surface area contributed by atoms with E-state index in [0.717, 1.165) is 0 Å². The van der Waals surface area contributed by atoms with E-state index in [2.05, 4.69) is 31.9 Å². The van der Waals surface area contributed by atoms with Crippen LogP contribution in [0, 0.1) is 0 Å². The topological polar surface area (TPSA) is 137 Å². The smallest absolute Gasteiger partial charge is 0.155 e. The van der Waals surface area contributed by atoms with Crippen molar-refractivity contribution in [2.24, 2.45) is 0 Å². The Hall–Kier alpha value is -0.0200. The predicted molar refractivity (Wildman–Crippen MR) is 119 cm³/mol. The Balaban J connectivity index is 2.51. The lowest BCUT2D eigenvalue weighted by molar-refractivity contribution is 0.583. The molecule has 2 rings (SSSR count). The first-order valence-electron chi connectivity index (χ1n) is 8.38. The second-order valence-corrected chi connectivity index (χ2v) is 17.6. The third-order valence-corrected chi connectivity index (χ3v) is 13.3. The third kappa shape index (κ3) is 8.20. The summed E-state index contributed by atoms with van der Waals surface area (Å²) < 4.78 is 99.3. The van der Waals surface area contributed by atoms with Gasteiger partial charge in [-0.15, -0.1) is 0 Å². The van der Waals surface area contributed by atoms with Crippen LogP contribution in [-0.4, -0.2) is 68.2 Å². The molecule has 0 radical (unpaired) electrons. The van der Waals surface area contributed by atoms with Crippen molar-refractivity contribution in [3.05, 3.63) is 32.2 Å². The number of benzene rings is 1. The van der Waals surface area contributed by atoms with Crippen LogP contribution in [0.2, 0.25) is 0 Å². The van der Waals surface area contributed by atoms with E-state index in [1.807, 2.05) is 0 Å². The van der Waals surface area contributed by atoms with Gasteiger partial charge in [-0.3, -0.25) is 0 Å². The summed E-state index contributed by atoms with van der Waals surface area (Å²) in [6.45, 7) is 0. The molecule has 8 nitrogen and oxygen atoms in total. The first kappa shape index (κ1) is 25.2. The molecule has 0 unspecified atom stereocenters. The summed E-state index contributed by atoms with van der Waals surface area (Å²) in [5.41, 5.74) is 0.442. The molecule has 0 saturated carbocycles. The quantitative estimate of drug-likeness (QED) is 0.426. The molecule has 0 amide bonds. The van der Waals surface area contributed by atoms with Crippen molar-refractivity contribution in [1.82, 2.24) is 0 Å². The van der Waals surface area contributed by atoms with Crippen molar-refractivity contribution in [2.75, 3.05) is 34.5 Å². The SMILES string of the molecule is O=S1(=O)CCCS(=O)(=O)CCS(=O)(=O)Cc2cc(Br)c(Br)cc2CS(=O)(=O)CC1.